The van der Waals surface area contributed by atoms with Crippen molar-refractivity contribution in [3.05, 3.63) is 5.21 Å². The second-order valence-electron chi connectivity index (χ2n) is 2.28. The number of carbonyl (C=O) groups is 1. The summed E-state index contributed by atoms with van der Waals surface area (Å²) in [4.78, 5) is 10.4. The first-order valence-corrected chi connectivity index (χ1v) is 3.13. The van der Waals surface area contributed by atoms with Crippen LogP contribution in [0.3, 0.4) is 0 Å². The molecule has 1 fully saturated rings. The van der Waals surface area contributed by atoms with E-state index in [0.29, 0.717) is 13.0 Å². The van der Waals surface area contributed by atoms with Crippen molar-refractivity contribution in [2.45, 2.75) is 18.9 Å². The van der Waals surface area contributed by atoms with Crippen LogP contribution in [0.25, 0.3) is 0 Å². The highest BCUT2D eigenvalue weighted by Crippen LogP contribution is 2.13. The third-order valence-corrected chi connectivity index (χ3v) is 1.66. The summed E-state index contributed by atoms with van der Waals surface area (Å²) in [7, 11) is 0. The lowest BCUT2D eigenvalue weighted by molar-refractivity contribution is -0.142. The second-order valence-corrected chi connectivity index (χ2v) is 2.28. The van der Waals surface area contributed by atoms with Gasteiger partial charge in [0, 0.05) is 6.54 Å². The van der Waals surface area contributed by atoms with Gasteiger partial charge in [0.15, 0.2) is 0 Å². The number of rotatable bonds is 2. The predicted molar refractivity (Wildman–Crippen MR) is 33.9 cm³/mol. The molecule has 1 aliphatic heterocycles. The quantitative estimate of drug-likeness (QED) is 0.514. The van der Waals surface area contributed by atoms with Gasteiger partial charge >= 0.3 is 5.97 Å². The van der Waals surface area contributed by atoms with Crippen molar-refractivity contribution in [1.29, 1.82) is 0 Å². The maximum atomic E-state index is 10.4. The minimum Gasteiger partial charge on any atom is -0.774 e. The Labute approximate surface area is 58.2 Å². The number of hydrazine groups is 1. The molecule has 0 amide bonds. The van der Waals surface area contributed by atoms with Crippen LogP contribution in [0.5, 0.6) is 0 Å². The molecule has 0 aromatic carbocycles. The Morgan fingerprint density at radius 2 is 2.50 bits per heavy atom. The molecule has 10 heavy (non-hydrogen) atoms. The number of aliphatic carboxylic acids is 1. The molecule has 1 aliphatic rings. The summed E-state index contributed by atoms with van der Waals surface area (Å²) in [6, 6.07) is -0.627. The van der Waals surface area contributed by atoms with Crippen molar-refractivity contribution >= 4 is 5.97 Å². The van der Waals surface area contributed by atoms with Crippen LogP contribution in [0, 0.1) is 5.21 Å². The van der Waals surface area contributed by atoms with Gasteiger partial charge in [0.25, 0.3) is 0 Å². The van der Waals surface area contributed by atoms with Crippen LogP contribution in [0.2, 0.25) is 0 Å². The standard InChI is InChI=1S/C5H9N2O3/c8-5(9)4-2-1-3-7(4)6-10/h4,6H,1-3H2,(H,8,9)/q-1/t4-/m0/s1. The van der Waals surface area contributed by atoms with E-state index in [4.69, 9.17) is 5.11 Å². The van der Waals surface area contributed by atoms with Crippen molar-refractivity contribution in [3.8, 4) is 0 Å². The molecular formula is C5H9N2O3-. The monoisotopic (exact) mass is 145 g/mol. The first-order chi connectivity index (χ1) is 4.75. The fourth-order valence-electron chi connectivity index (χ4n) is 1.13. The summed E-state index contributed by atoms with van der Waals surface area (Å²) in [6.45, 7) is 0.528. The van der Waals surface area contributed by atoms with E-state index in [0.717, 1.165) is 6.42 Å². The number of hydrogen-bond acceptors (Lipinski definition) is 4. The van der Waals surface area contributed by atoms with Gasteiger partial charge in [-0.25, -0.2) is 5.01 Å². The molecule has 0 aromatic heterocycles. The molecule has 5 heteroatoms. The molecule has 0 bridgehead atoms. The van der Waals surface area contributed by atoms with E-state index in [1.807, 2.05) is 0 Å². The van der Waals surface area contributed by atoms with Crippen LogP contribution in [0.4, 0.5) is 0 Å². The van der Waals surface area contributed by atoms with Crippen LogP contribution in [-0.4, -0.2) is 28.7 Å². The lowest BCUT2D eigenvalue weighted by atomic mass is 10.2. The summed E-state index contributed by atoms with van der Waals surface area (Å²) >= 11 is 0. The van der Waals surface area contributed by atoms with Crippen molar-refractivity contribution in [1.82, 2.24) is 10.6 Å². The lowest BCUT2D eigenvalue weighted by Gasteiger charge is -2.25. The molecular weight excluding hydrogens is 136 g/mol. The lowest BCUT2D eigenvalue weighted by Crippen LogP contribution is -2.42. The SMILES string of the molecule is O=C(O)[C@@H]1CCCN1N[O-]. The van der Waals surface area contributed by atoms with E-state index in [2.05, 4.69) is 0 Å². The van der Waals surface area contributed by atoms with Crippen molar-refractivity contribution in [3.63, 3.8) is 0 Å². The number of carboxylic acid groups (broad SMARTS) is 1. The molecule has 1 atom stereocenters. The summed E-state index contributed by atoms with van der Waals surface area (Å²) in [6.07, 6.45) is 1.33. The van der Waals surface area contributed by atoms with E-state index in [9.17, 15) is 10.0 Å². The Morgan fingerprint density at radius 1 is 1.80 bits per heavy atom. The van der Waals surface area contributed by atoms with E-state index < -0.39 is 12.0 Å². The fourth-order valence-corrected chi connectivity index (χ4v) is 1.13. The topological polar surface area (TPSA) is 75.6 Å². The second kappa shape index (κ2) is 2.96. The first kappa shape index (κ1) is 7.46. The Hall–Kier alpha value is -0.650. The highest BCUT2D eigenvalue weighted by Gasteiger charge is 2.28. The zero-order valence-electron chi connectivity index (χ0n) is 5.41. The largest absolute Gasteiger partial charge is 0.774 e. The van der Waals surface area contributed by atoms with Gasteiger partial charge in [0.05, 0.1) is 0 Å². The van der Waals surface area contributed by atoms with Crippen LogP contribution in [-0.2, 0) is 4.79 Å². The Morgan fingerprint density at radius 3 is 2.90 bits per heavy atom. The molecule has 0 unspecified atom stereocenters. The number of hydrogen-bond donors (Lipinski definition) is 2. The van der Waals surface area contributed by atoms with Gasteiger partial charge in [-0.15, -0.1) is 0 Å². The summed E-state index contributed by atoms with van der Waals surface area (Å²) < 4.78 is 0. The molecule has 1 heterocycles. The van der Waals surface area contributed by atoms with Crippen molar-refractivity contribution in [2.24, 2.45) is 0 Å². The molecule has 58 valence electrons. The maximum Gasteiger partial charge on any atom is 0.322 e. The van der Waals surface area contributed by atoms with Gasteiger partial charge in [0.2, 0.25) is 0 Å². The highest BCUT2D eigenvalue weighted by molar-refractivity contribution is 5.73. The average Bonchev–Trinajstić information content (AvgIpc) is 2.33. The molecule has 2 N–H and O–H groups in total. The van der Waals surface area contributed by atoms with Gasteiger partial charge in [-0.1, -0.05) is 0 Å². The smallest absolute Gasteiger partial charge is 0.322 e. The van der Waals surface area contributed by atoms with Gasteiger partial charge in [-0.05, 0) is 12.8 Å². The minimum absolute atomic E-state index is 0.528. The van der Waals surface area contributed by atoms with Gasteiger partial charge in [-0.2, -0.15) is 0 Å². The zero-order valence-corrected chi connectivity index (χ0v) is 5.41. The van der Waals surface area contributed by atoms with Crippen molar-refractivity contribution in [2.75, 3.05) is 6.54 Å². The van der Waals surface area contributed by atoms with E-state index in [1.165, 1.54) is 5.01 Å². The van der Waals surface area contributed by atoms with Crippen molar-refractivity contribution < 1.29 is 9.90 Å². The summed E-state index contributed by atoms with van der Waals surface area (Å²) in [5.74, 6) is -0.930. The third kappa shape index (κ3) is 1.26. The third-order valence-electron chi connectivity index (χ3n) is 1.66. The maximum absolute atomic E-state index is 10.4. The predicted octanol–water partition coefficient (Wildman–Crippen LogP) is -0.462. The van der Waals surface area contributed by atoms with E-state index in [1.54, 1.807) is 5.59 Å². The first-order valence-electron chi connectivity index (χ1n) is 3.13. The normalized spacial score (nSPS) is 27.1. The van der Waals surface area contributed by atoms with Crippen LogP contribution in [0.15, 0.2) is 0 Å². The van der Waals surface area contributed by atoms with Gasteiger partial charge in [0.1, 0.15) is 6.04 Å². The fraction of sp³-hybridized carbons (Fsp3) is 0.800. The Bertz CT molecular complexity index is 139. The number of nitrogens with one attached hydrogen (secondary N) is 1. The molecule has 1 saturated heterocycles. The zero-order chi connectivity index (χ0) is 7.56. The van der Waals surface area contributed by atoms with Gasteiger partial charge < -0.3 is 15.9 Å². The molecule has 0 saturated carbocycles. The highest BCUT2D eigenvalue weighted by atomic mass is 16.5. The average molecular weight is 145 g/mol. The number of carboxylic acids is 1. The van der Waals surface area contributed by atoms with Gasteiger partial charge in [-0.3, -0.25) is 4.79 Å². The van der Waals surface area contributed by atoms with Crippen LogP contribution >= 0.6 is 0 Å². The molecule has 1 rings (SSSR count). The van der Waals surface area contributed by atoms with E-state index in [-0.39, 0.29) is 0 Å². The summed E-state index contributed by atoms with van der Waals surface area (Å²) in [5.41, 5.74) is 1.60. The summed E-state index contributed by atoms with van der Waals surface area (Å²) in [5, 5.41) is 19.8. The Kier molecular flexibility index (Phi) is 2.21. The molecule has 0 aromatic rings. The van der Waals surface area contributed by atoms with Crippen LogP contribution < -0.4 is 5.59 Å². The minimum atomic E-state index is -0.930. The number of nitrogens with zero attached hydrogens (tertiary/aromatic N) is 1. The van der Waals surface area contributed by atoms with Crippen LogP contribution in [0.1, 0.15) is 12.8 Å². The van der Waals surface area contributed by atoms with E-state index >= 15 is 0 Å². The molecule has 0 aliphatic carbocycles. The molecule has 5 nitrogen and oxygen atoms in total. The molecule has 0 radical (unpaired) electrons. The Balaban J connectivity index is 2.50. The molecule has 0 spiro atoms.